The van der Waals surface area contributed by atoms with Gasteiger partial charge in [-0.2, -0.15) is 0 Å². The monoisotopic (exact) mass is 336 g/mol. The number of nitrogens with one attached hydrogen (secondary N) is 2. The fourth-order valence-corrected chi connectivity index (χ4v) is 2.96. The van der Waals surface area contributed by atoms with E-state index in [1.807, 2.05) is 0 Å². The van der Waals surface area contributed by atoms with E-state index in [0.29, 0.717) is 18.4 Å². The normalized spacial score (nSPS) is 16.9. The lowest BCUT2D eigenvalue weighted by atomic mass is 9.94. The van der Waals surface area contributed by atoms with Gasteiger partial charge in [0.25, 0.3) is 0 Å². The molecular weight excluding hydrogens is 311 g/mol. The number of hydrogen-bond donors (Lipinski definition) is 3. The topological polar surface area (TPSA) is 78.4 Å². The van der Waals surface area contributed by atoms with Crippen LogP contribution in [0.1, 0.15) is 44.1 Å². The molecule has 132 valence electrons. The maximum absolute atomic E-state index is 13.1. The molecule has 0 spiro atoms. The lowest BCUT2D eigenvalue weighted by Crippen LogP contribution is -2.46. The minimum absolute atomic E-state index is 0.0228. The third-order valence-corrected chi connectivity index (χ3v) is 4.35. The summed E-state index contributed by atoms with van der Waals surface area (Å²) in [6.07, 6.45) is 5.58. The number of carbonyl (C=O) groups excluding carboxylic acids is 2. The third-order valence-electron chi connectivity index (χ3n) is 4.35. The van der Waals surface area contributed by atoms with Gasteiger partial charge in [0.1, 0.15) is 5.82 Å². The summed E-state index contributed by atoms with van der Waals surface area (Å²) in [4.78, 5) is 23.6. The van der Waals surface area contributed by atoms with Crippen molar-refractivity contribution in [2.45, 2.75) is 50.5 Å². The Kier molecular flexibility index (Phi) is 6.73. The predicted molar refractivity (Wildman–Crippen MR) is 88.8 cm³/mol. The van der Waals surface area contributed by atoms with Crippen LogP contribution in [0.15, 0.2) is 24.3 Å². The molecule has 0 bridgehead atoms. The smallest absolute Gasteiger partial charge is 0.239 e. The second-order valence-corrected chi connectivity index (χ2v) is 6.50. The Morgan fingerprint density at radius 2 is 1.79 bits per heavy atom. The molecule has 6 heteroatoms. The van der Waals surface area contributed by atoms with E-state index in [1.54, 1.807) is 6.07 Å². The van der Waals surface area contributed by atoms with E-state index in [2.05, 4.69) is 10.6 Å². The minimum atomic E-state index is -0.836. The first-order valence-corrected chi connectivity index (χ1v) is 8.47. The van der Waals surface area contributed by atoms with E-state index in [-0.39, 0.29) is 31.3 Å². The van der Waals surface area contributed by atoms with E-state index in [4.69, 9.17) is 0 Å². The van der Waals surface area contributed by atoms with Gasteiger partial charge in [0.2, 0.25) is 11.8 Å². The van der Waals surface area contributed by atoms with Crippen LogP contribution in [-0.2, 0) is 16.0 Å². The maximum atomic E-state index is 13.1. The highest BCUT2D eigenvalue weighted by atomic mass is 19.1. The SMILES string of the molecule is O=C(CNC(=O)Cc1cccc(F)c1)NCC1(O)CCCCCC1. The second-order valence-electron chi connectivity index (χ2n) is 6.50. The molecule has 0 unspecified atom stereocenters. The highest BCUT2D eigenvalue weighted by molar-refractivity contribution is 5.85. The molecular formula is C18H25FN2O3. The Morgan fingerprint density at radius 3 is 2.46 bits per heavy atom. The van der Waals surface area contributed by atoms with Gasteiger partial charge in [-0.3, -0.25) is 9.59 Å². The fraction of sp³-hybridized carbons (Fsp3) is 0.556. The van der Waals surface area contributed by atoms with Crippen LogP contribution < -0.4 is 10.6 Å². The second kappa shape index (κ2) is 8.78. The molecule has 1 aromatic carbocycles. The van der Waals surface area contributed by atoms with E-state index in [1.165, 1.54) is 18.2 Å². The van der Waals surface area contributed by atoms with E-state index in [0.717, 1.165) is 25.7 Å². The molecule has 0 radical (unpaired) electrons. The molecule has 5 nitrogen and oxygen atoms in total. The van der Waals surface area contributed by atoms with Crippen molar-refractivity contribution < 1.29 is 19.1 Å². The van der Waals surface area contributed by atoms with Crippen LogP contribution >= 0.6 is 0 Å². The van der Waals surface area contributed by atoms with Crippen LogP contribution in [0.25, 0.3) is 0 Å². The first-order chi connectivity index (χ1) is 11.5. The highest BCUT2D eigenvalue weighted by Crippen LogP contribution is 2.26. The van der Waals surface area contributed by atoms with Gasteiger partial charge in [-0.1, -0.05) is 37.8 Å². The van der Waals surface area contributed by atoms with Gasteiger partial charge in [-0.05, 0) is 30.5 Å². The number of rotatable bonds is 6. The van der Waals surface area contributed by atoms with Crippen LogP contribution in [0.5, 0.6) is 0 Å². The van der Waals surface area contributed by atoms with E-state index < -0.39 is 11.4 Å². The van der Waals surface area contributed by atoms with Gasteiger partial charge >= 0.3 is 0 Å². The molecule has 2 amide bonds. The lowest BCUT2D eigenvalue weighted by molar-refractivity contribution is -0.126. The van der Waals surface area contributed by atoms with Crippen molar-refractivity contribution in [2.24, 2.45) is 0 Å². The van der Waals surface area contributed by atoms with Crippen LogP contribution in [0, 0.1) is 5.82 Å². The Labute approximate surface area is 141 Å². The van der Waals surface area contributed by atoms with Crippen LogP contribution in [0.3, 0.4) is 0 Å². The first-order valence-electron chi connectivity index (χ1n) is 8.47. The fourth-order valence-electron chi connectivity index (χ4n) is 2.96. The lowest BCUT2D eigenvalue weighted by Gasteiger charge is -2.26. The molecule has 1 fully saturated rings. The molecule has 1 saturated carbocycles. The number of carbonyl (C=O) groups is 2. The number of halogens is 1. The zero-order valence-corrected chi connectivity index (χ0v) is 13.8. The summed E-state index contributed by atoms with van der Waals surface area (Å²) < 4.78 is 13.1. The van der Waals surface area contributed by atoms with Crippen molar-refractivity contribution in [3.05, 3.63) is 35.6 Å². The number of amides is 2. The summed E-state index contributed by atoms with van der Waals surface area (Å²) in [5, 5.41) is 15.7. The van der Waals surface area contributed by atoms with Gasteiger partial charge < -0.3 is 15.7 Å². The summed E-state index contributed by atoms with van der Waals surface area (Å²) in [5.41, 5.74) is -0.279. The Hall–Kier alpha value is -1.95. The zero-order valence-electron chi connectivity index (χ0n) is 13.8. The average molecular weight is 336 g/mol. The van der Waals surface area contributed by atoms with Crippen molar-refractivity contribution >= 4 is 11.8 Å². The van der Waals surface area contributed by atoms with Crippen molar-refractivity contribution in [3.63, 3.8) is 0 Å². The number of aliphatic hydroxyl groups is 1. The molecule has 0 aliphatic heterocycles. The summed E-state index contributed by atoms with van der Waals surface area (Å²) in [6.45, 7) is 0.0653. The predicted octanol–water partition coefficient (Wildman–Crippen LogP) is 1.69. The van der Waals surface area contributed by atoms with Crippen LogP contribution in [-0.4, -0.2) is 35.6 Å². The van der Waals surface area contributed by atoms with Crippen molar-refractivity contribution in [1.29, 1.82) is 0 Å². The molecule has 2 rings (SSSR count). The van der Waals surface area contributed by atoms with Crippen molar-refractivity contribution in [3.8, 4) is 0 Å². The molecule has 1 aliphatic carbocycles. The van der Waals surface area contributed by atoms with Gasteiger partial charge in [-0.15, -0.1) is 0 Å². The molecule has 0 aromatic heterocycles. The minimum Gasteiger partial charge on any atom is -0.388 e. The van der Waals surface area contributed by atoms with Gasteiger partial charge in [0.05, 0.1) is 18.6 Å². The molecule has 0 atom stereocenters. The van der Waals surface area contributed by atoms with Gasteiger partial charge in [0, 0.05) is 6.54 Å². The molecule has 1 aliphatic rings. The largest absolute Gasteiger partial charge is 0.388 e. The third kappa shape index (κ3) is 6.28. The van der Waals surface area contributed by atoms with Crippen LogP contribution in [0.2, 0.25) is 0 Å². The quantitative estimate of drug-likeness (QED) is 0.692. The van der Waals surface area contributed by atoms with Gasteiger partial charge in [-0.25, -0.2) is 4.39 Å². The van der Waals surface area contributed by atoms with Crippen molar-refractivity contribution in [1.82, 2.24) is 10.6 Å². The number of benzene rings is 1. The first kappa shape index (κ1) is 18.4. The summed E-state index contributed by atoms with van der Waals surface area (Å²) in [5.74, 6) is -1.07. The number of hydrogen-bond acceptors (Lipinski definition) is 3. The standard InChI is InChI=1S/C18H25FN2O3/c19-15-7-5-6-14(10-15)11-16(22)20-12-17(23)21-13-18(24)8-3-1-2-4-9-18/h5-7,10,24H,1-4,8-9,11-13H2,(H,20,22)(H,21,23). The summed E-state index contributed by atoms with van der Waals surface area (Å²) in [6, 6.07) is 5.80. The highest BCUT2D eigenvalue weighted by Gasteiger charge is 2.28. The molecule has 3 N–H and O–H groups in total. The van der Waals surface area contributed by atoms with Crippen LogP contribution in [0.4, 0.5) is 4.39 Å². The molecule has 1 aromatic rings. The maximum Gasteiger partial charge on any atom is 0.239 e. The van der Waals surface area contributed by atoms with E-state index in [9.17, 15) is 19.1 Å². The Bertz CT molecular complexity index is 569. The zero-order chi connectivity index (χ0) is 17.4. The summed E-state index contributed by atoms with van der Waals surface area (Å²) in [7, 11) is 0. The average Bonchev–Trinajstić information content (AvgIpc) is 2.76. The molecule has 24 heavy (non-hydrogen) atoms. The van der Waals surface area contributed by atoms with E-state index >= 15 is 0 Å². The molecule has 0 saturated heterocycles. The summed E-state index contributed by atoms with van der Waals surface area (Å²) >= 11 is 0. The van der Waals surface area contributed by atoms with Crippen molar-refractivity contribution in [2.75, 3.05) is 13.1 Å². The molecule has 0 heterocycles. The van der Waals surface area contributed by atoms with Gasteiger partial charge in [0.15, 0.2) is 0 Å². The Balaban J connectivity index is 1.69. The Morgan fingerprint density at radius 1 is 1.08 bits per heavy atom.